The van der Waals surface area contributed by atoms with Crippen molar-refractivity contribution in [2.45, 2.75) is 72.1 Å². The Labute approximate surface area is 159 Å². The molecule has 26 heavy (non-hydrogen) atoms. The number of hydrogen-bond donors (Lipinski definition) is 0. The van der Waals surface area contributed by atoms with Crippen LogP contribution in [0.25, 0.3) is 0 Å². The summed E-state index contributed by atoms with van der Waals surface area (Å²) >= 11 is 0. The molecule has 148 valence electrons. The zero-order valence-corrected chi connectivity index (χ0v) is 17.2. The van der Waals surface area contributed by atoms with Crippen LogP contribution in [0.4, 0.5) is 0 Å². The van der Waals surface area contributed by atoms with Gasteiger partial charge in [0.25, 0.3) is 0 Å². The highest BCUT2D eigenvalue weighted by Gasteiger charge is 2.84. The number of allylic oxidation sites excluding steroid dienone is 3. The summed E-state index contributed by atoms with van der Waals surface area (Å²) < 4.78 is 10.1. The van der Waals surface area contributed by atoms with Crippen LogP contribution in [0.2, 0.25) is 0 Å². The summed E-state index contributed by atoms with van der Waals surface area (Å²) in [6, 6.07) is 0. The van der Waals surface area contributed by atoms with E-state index in [1.165, 1.54) is 14.2 Å². The van der Waals surface area contributed by atoms with Crippen molar-refractivity contribution in [1.29, 1.82) is 0 Å². The molecule has 0 radical (unpaired) electrons. The van der Waals surface area contributed by atoms with Crippen LogP contribution >= 0.6 is 0 Å². The smallest absolute Gasteiger partial charge is 0.324 e. The summed E-state index contributed by atoms with van der Waals surface area (Å²) in [5.41, 5.74) is -1.04. The molecule has 1 fully saturated rings. The van der Waals surface area contributed by atoms with Gasteiger partial charge in [-0.3, -0.25) is 9.59 Å². The number of carbonyl (C=O) groups excluding carboxylic acids is 2. The molecule has 2 atom stereocenters. The maximum atomic E-state index is 12.7. The van der Waals surface area contributed by atoms with Crippen molar-refractivity contribution in [2.75, 3.05) is 14.2 Å². The van der Waals surface area contributed by atoms with Gasteiger partial charge in [0.1, 0.15) is 0 Å². The maximum Gasteiger partial charge on any atom is 0.324 e. The Balaban J connectivity index is 3.19. The van der Waals surface area contributed by atoms with Crippen LogP contribution in [-0.4, -0.2) is 26.2 Å². The second kappa shape index (κ2) is 9.94. The molecule has 0 aromatic rings. The van der Waals surface area contributed by atoms with Crippen LogP contribution in [-0.2, 0) is 19.1 Å². The Morgan fingerprint density at radius 2 is 1.58 bits per heavy atom. The fourth-order valence-electron chi connectivity index (χ4n) is 4.49. The Kier molecular flexibility index (Phi) is 8.58. The lowest BCUT2D eigenvalue weighted by molar-refractivity contribution is -0.163. The number of rotatable bonds is 12. The molecule has 0 aliphatic heterocycles. The Bertz CT molecular complexity index is 518. The van der Waals surface area contributed by atoms with Crippen molar-refractivity contribution in [3.8, 4) is 0 Å². The van der Waals surface area contributed by atoms with Gasteiger partial charge in [-0.25, -0.2) is 0 Å². The van der Waals surface area contributed by atoms with E-state index in [1.54, 1.807) is 0 Å². The molecule has 1 aliphatic rings. The third-order valence-electron chi connectivity index (χ3n) is 6.06. The standard InChI is InChI=1S/C22H36O4/c1-7-9-11-13-15-17(3)21(16-14-12-10-8-2)18(4)22(21,19(23)25-5)20(24)26-6/h13,15,18H,3,7-12,14,16H2,1-2,4-6H3/b15-13+/t18-,21-/m0/s1. The summed E-state index contributed by atoms with van der Waals surface area (Å²) in [6.45, 7) is 10.5. The van der Waals surface area contributed by atoms with Gasteiger partial charge in [0.2, 0.25) is 0 Å². The molecular formula is C22H36O4. The number of carbonyl (C=O) groups is 2. The predicted molar refractivity (Wildman–Crippen MR) is 105 cm³/mol. The monoisotopic (exact) mass is 364 g/mol. The van der Waals surface area contributed by atoms with Gasteiger partial charge in [-0.05, 0) is 24.3 Å². The topological polar surface area (TPSA) is 52.6 Å². The first-order chi connectivity index (χ1) is 12.4. The normalized spacial score (nSPS) is 23.7. The van der Waals surface area contributed by atoms with E-state index >= 15 is 0 Å². The van der Waals surface area contributed by atoms with Crippen LogP contribution < -0.4 is 0 Å². The molecule has 0 amide bonds. The first kappa shape index (κ1) is 22.5. The lowest BCUT2D eigenvalue weighted by atomic mass is 9.81. The van der Waals surface area contributed by atoms with E-state index in [2.05, 4.69) is 26.5 Å². The molecule has 0 aromatic heterocycles. The van der Waals surface area contributed by atoms with Crippen LogP contribution in [0.15, 0.2) is 24.3 Å². The minimum atomic E-state index is -1.27. The molecule has 0 N–H and O–H groups in total. The molecule has 0 saturated heterocycles. The van der Waals surface area contributed by atoms with Crippen molar-refractivity contribution in [3.63, 3.8) is 0 Å². The van der Waals surface area contributed by atoms with E-state index in [-0.39, 0.29) is 5.92 Å². The third-order valence-corrected chi connectivity index (χ3v) is 6.06. The minimum absolute atomic E-state index is 0.181. The number of esters is 2. The van der Waals surface area contributed by atoms with Crippen LogP contribution in [0.3, 0.4) is 0 Å². The van der Waals surface area contributed by atoms with Gasteiger partial charge in [0, 0.05) is 5.41 Å². The Morgan fingerprint density at radius 3 is 2.08 bits per heavy atom. The highest BCUT2D eigenvalue weighted by molar-refractivity contribution is 6.06. The minimum Gasteiger partial charge on any atom is -0.468 e. The molecule has 0 aromatic carbocycles. The van der Waals surface area contributed by atoms with E-state index in [4.69, 9.17) is 9.47 Å². The molecule has 1 aliphatic carbocycles. The van der Waals surface area contributed by atoms with Crippen molar-refractivity contribution < 1.29 is 19.1 Å². The summed E-state index contributed by atoms with van der Waals surface area (Å²) in [7, 11) is 2.67. The molecule has 0 unspecified atom stereocenters. The van der Waals surface area contributed by atoms with Crippen molar-refractivity contribution in [1.82, 2.24) is 0 Å². The summed E-state index contributed by atoms with van der Waals surface area (Å²) in [5.74, 6) is -1.19. The number of methoxy groups -OCH3 is 2. The molecule has 1 rings (SSSR count). The summed E-state index contributed by atoms with van der Waals surface area (Å²) in [6.07, 6.45) is 12.4. The molecule has 0 spiro atoms. The first-order valence-corrected chi connectivity index (χ1v) is 9.94. The molecule has 1 saturated carbocycles. The summed E-state index contributed by atoms with van der Waals surface area (Å²) in [4.78, 5) is 25.4. The van der Waals surface area contributed by atoms with E-state index in [1.807, 2.05) is 13.0 Å². The molecule has 0 heterocycles. The highest BCUT2D eigenvalue weighted by Crippen LogP contribution is 2.75. The number of ether oxygens (including phenoxy) is 2. The number of unbranched alkanes of at least 4 members (excludes halogenated alkanes) is 5. The van der Waals surface area contributed by atoms with Crippen molar-refractivity contribution >= 4 is 11.9 Å². The third kappa shape index (κ3) is 3.74. The second-order valence-electron chi connectivity index (χ2n) is 7.36. The average Bonchev–Trinajstić information content (AvgIpc) is 3.21. The molecule has 4 heteroatoms. The van der Waals surface area contributed by atoms with E-state index in [0.29, 0.717) is 0 Å². The number of hydrogen-bond acceptors (Lipinski definition) is 4. The van der Waals surface area contributed by atoms with Gasteiger partial charge in [0.15, 0.2) is 5.41 Å². The molecule has 4 nitrogen and oxygen atoms in total. The highest BCUT2D eigenvalue weighted by atomic mass is 16.5. The average molecular weight is 365 g/mol. The van der Waals surface area contributed by atoms with E-state index < -0.39 is 22.8 Å². The zero-order valence-electron chi connectivity index (χ0n) is 17.2. The van der Waals surface area contributed by atoms with Gasteiger partial charge < -0.3 is 9.47 Å². The van der Waals surface area contributed by atoms with E-state index in [0.717, 1.165) is 56.9 Å². The van der Waals surface area contributed by atoms with Gasteiger partial charge in [-0.1, -0.05) is 78.0 Å². The van der Waals surface area contributed by atoms with E-state index in [9.17, 15) is 9.59 Å². The van der Waals surface area contributed by atoms with Gasteiger partial charge in [-0.15, -0.1) is 0 Å². The maximum absolute atomic E-state index is 12.7. The van der Waals surface area contributed by atoms with Crippen LogP contribution in [0, 0.1) is 16.7 Å². The van der Waals surface area contributed by atoms with Crippen molar-refractivity contribution in [3.05, 3.63) is 24.3 Å². The Hall–Kier alpha value is -1.58. The zero-order chi connectivity index (χ0) is 19.8. The lowest BCUT2D eigenvalue weighted by Gasteiger charge is -2.23. The van der Waals surface area contributed by atoms with Gasteiger partial charge in [0.05, 0.1) is 14.2 Å². The quantitative estimate of drug-likeness (QED) is 0.206. The SMILES string of the molecule is C=C(/C=C/CCCC)[C@@]1(CCCCCC)[C@H](C)C1(C(=O)OC)C(=O)OC. The predicted octanol–water partition coefficient (Wildman–Crippen LogP) is 5.23. The van der Waals surface area contributed by atoms with Crippen molar-refractivity contribution in [2.24, 2.45) is 16.7 Å². The molecule has 0 bridgehead atoms. The molecular weight excluding hydrogens is 328 g/mol. The fourth-order valence-corrected chi connectivity index (χ4v) is 4.49. The van der Waals surface area contributed by atoms with Gasteiger partial charge in [-0.2, -0.15) is 0 Å². The van der Waals surface area contributed by atoms with Crippen LogP contribution in [0.5, 0.6) is 0 Å². The first-order valence-electron chi connectivity index (χ1n) is 9.94. The second-order valence-corrected chi connectivity index (χ2v) is 7.36. The largest absolute Gasteiger partial charge is 0.468 e. The Morgan fingerprint density at radius 1 is 1.00 bits per heavy atom. The van der Waals surface area contributed by atoms with Crippen LogP contribution in [0.1, 0.15) is 72.1 Å². The van der Waals surface area contributed by atoms with Gasteiger partial charge >= 0.3 is 11.9 Å². The lowest BCUT2D eigenvalue weighted by Crippen LogP contribution is -2.35. The fraction of sp³-hybridized carbons (Fsp3) is 0.727. The summed E-state index contributed by atoms with van der Waals surface area (Å²) in [5, 5.41) is 0.